The van der Waals surface area contributed by atoms with E-state index in [0.29, 0.717) is 11.4 Å². The zero-order valence-corrected chi connectivity index (χ0v) is 14.5. The molecule has 0 radical (unpaired) electrons. The number of rotatable bonds is 6. The Hall–Kier alpha value is -3.35. The number of imide groups is 1. The average molecular weight is 356 g/mol. The van der Waals surface area contributed by atoms with E-state index in [2.05, 4.69) is 10.6 Å². The molecule has 1 unspecified atom stereocenters. The number of methoxy groups -OCH3 is 1. The van der Waals surface area contributed by atoms with Gasteiger partial charge in [0.25, 0.3) is 5.91 Å². The molecule has 3 amide bonds. The van der Waals surface area contributed by atoms with Gasteiger partial charge in [-0.1, -0.05) is 30.3 Å². The fraction of sp³-hybridized carbons (Fsp3) is 0.211. The van der Waals surface area contributed by atoms with Gasteiger partial charge in [-0.25, -0.2) is 4.79 Å². The molecule has 0 fully saturated rings. The molecular formula is C19H20N2O5. The molecule has 0 spiro atoms. The summed E-state index contributed by atoms with van der Waals surface area (Å²) in [4.78, 5) is 35.6. The van der Waals surface area contributed by atoms with Crippen molar-refractivity contribution in [2.24, 2.45) is 0 Å². The average Bonchev–Trinajstić information content (AvgIpc) is 2.62. The van der Waals surface area contributed by atoms with Crippen molar-refractivity contribution in [3.05, 3.63) is 60.2 Å². The second-order valence-corrected chi connectivity index (χ2v) is 5.47. The number of para-hydroxylation sites is 1. The molecule has 2 rings (SSSR count). The van der Waals surface area contributed by atoms with Crippen molar-refractivity contribution in [1.29, 1.82) is 0 Å². The third-order valence-electron chi connectivity index (χ3n) is 3.45. The molecule has 0 saturated carbocycles. The molecule has 0 aliphatic rings. The summed E-state index contributed by atoms with van der Waals surface area (Å²) in [5, 5.41) is 4.64. The predicted molar refractivity (Wildman–Crippen MR) is 95.9 cm³/mol. The second kappa shape index (κ2) is 9.22. The molecule has 0 aliphatic carbocycles. The van der Waals surface area contributed by atoms with Gasteiger partial charge in [0, 0.05) is 5.69 Å². The Morgan fingerprint density at radius 2 is 1.65 bits per heavy atom. The lowest BCUT2D eigenvalue weighted by Crippen LogP contribution is -2.41. The molecule has 2 aromatic rings. The highest BCUT2D eigenvalue weighted by molar-refractivity contribution is 6.02. The Morgan fingerprint density at radius 3 is 2.27 bits per heavy atom. The summed E-state index contributed by atoms with van der Waals surface area (Å²) >= 11 is 0. The normalized spacial score (nSPS) is 11.2. The Balaban J connectivity index is 1.79. The monoisotopic (exact) mass is 356 g/mol. The van der Waals surface area contributed by atoms with E-state index in [1.807, 2.05) is 0 Å². The molecule has 136 valence electrons. The lowest BCUT2D eigenvalue weighted by Gasteiger charge is -2.13. The number of nitrogens with one attached hydrogen (secondary N) is 2. The predicted octanol–water partition coefficient (Wildman–Crippen LogP) is 2.52. The molecule has 0 saturated heterocycles. The van der Waals surface area contributed by atoms with Crippen LogP contribution in [-0.2, 0) is 20.7 Å². The number of anilines is 1. The van der Waals surface area contributed by atoms with Crippen LogP contribution < -0.4 is 15.4 Å². The number of ether oxygens (including phenoxy) is 2. The van der Waals surface area contributed by atoms with Crippen LogP contribution >= 0.6 is 0 Å². The van der Waals surface area contributed by atoms with Crippen molar-refractivity contribution in [2.75, 3.05) is 12.4 Å². The number of carbonyl (C=O) groups excluding carboxylic acids is 3. The number of benzene rings is 2. The van der Waals surface area contributed by atoms with Gasteiger partial charge in [0.2, 0.25) is 0 Å². The van der Waals surface area contributed by atoms with E-state index in [0.717, 1.165) is 5.56 Å². The molecule has 0 heterocycles. The zero-order valence-electron chi connectivity index (χ0n) is 14.5. The SMILES string of the molecule is COc1ccc(CC(=O)OC(C)C(=O)NC(=O)Nc2ccccc2)cc1. The molecule has 26 heavy (non-hydrogen) atoms. The van der Waals surface area contributed by atoms with Crippen LogP contribution in [0.2, 0.25) is 0 Å². The van der Waals surface area contributed by atoms with E-state index in [9.17, 15) is 14.4 Å². The molecular weight excluding hydrogens is 336 g/mol. The van der Waals surface area contributed by atoms with Crippen molar-refractivity contribution < 1.29 is 23.9 Å². The van der Waals surface area contributed by atoms with Crippen molar-refractivity contribution in [2.45, 2.75) is 19.4 Å². The number of hydrogen-bond donors (Lipinski definition) is 2. The lowest BCUT2D eigenvalue weighted by atomic mass is 10.1. The van der Waals surface area contributed by atoms with Gasteiger partial charge >= 0.3 is 12.0 Å². The maximum absolute atomic E-state index is 11.9. The minimum absolute atomic E-state index is 0.0117. The molecule has 0 aliphatic heterocycles. The van der Waals surface area contributed by atoms with E-state index in [-0.39, 0.29) is 6.42 Å². The van der Waals surface area contributed by atoms with Gasteiger partial charge in [-0.2, -0.15) is 0 Å². The van der Waals surface area contributed by atoms with Crippen molar-refractivity contribution in [1.82, 2.24) is 5.32 Å². The Morgan fingerprint density at radius 1 is 1.00 bits per heavy atom. The standard InChI is InChI=1S/C19H20N2O5/c1-13(18(23)21-19(24)20-15-6-4-3-5-7-15)26-17(22)12-14-8-10-16(25-2)11-9-14/h3-11,13H,12H2,1-2H3,(H2,20,21,23,24). The number of amides is 3. The van der Waals surface area contributed by atoms with Gasteiger partial charge in [-0.15, -0.1) is 0 Å². The van der Waals surface area contributed by atoms with Crippen LogP contribution in [0.25, 0.3) is 0 Å². The largest absolute Gasteiger partial charge is 0.497 e. The Labute approximate surface area is 151 Å². The smallest absolute Gasteiger partial charge is 0.325 e. The summed E-state index contributed by atoms with van der Waals surface area (Å²) in [5.74, 6) is -0.595. The Bertz CT molecular complexity index is 759. The minimum Gasteiger partial charge on any atom is -0.497 e. The molecule has 1 atom stereocenters. The third-order valence-corrected chi connectivity index (χ3v) is 3.45. The first-order chi connectivity index (χ1) is 12.5. The van der Waals surface area contributed by atoms with Gasteiger partial charge in [0.15, 0.2) is 6.10 Å². The summed E-state index contributed by atoms with van der Waals surface area (Å²) in [6.45, 7) is 1.40. The third kappa shape index (κ3) is 5.94. The summed E-state index contributed by atoms with van der Waals surface area (Å²) in [5.41, 5.74) is 1.27. The molecule has 0 bridgehead atoms. The molecule has 7 heteroatoms. The summed E-state index contributed by atoms with van der Waals surface area (Å²) < 4.78 is 10.1. The number of hydrogen-bond acceptors (Lipinski definition) is 5. The highest BCUT2D eigenvalue weighted by atomic mass is 16.5. The number of carbonyl (C=O) groups is 3. The highest BCUT2D eigenvalue weighted by Crippen LogP contribution is 2.12. The maximum Gasteiger partial charge on any atom is 0.325 e. The van der Waals surface area contributed by atoms with Gasteiger partial charge in [0.05, 0.1) is 13.5 Å². The van der Waals surface area contributed by atoms with Crippen molar-refractivity contribution >= 4 is 23.6 Å². The van der Waals surface area contributed by atoms with E-state index in [4.69, 9.17) is 9.47 Å². The van der Waals surface area contributed by atoms with Crippen LogP contribution in [0.4, 0.5) is 10.5 Å². The van der Waals surface area contributed by atoms with Crippen molar-refractivity contribution in [3.8, 4) is 5.75 Å². The molecule has 0 aromatic heterocycles. The first kappa shape index (κ1) is 19.0. The fourth-order valence-electron chi connectivity index (χ4n) is 2.10. The van der Waals surface area contributed by atoms with Gasteiger partial charge in [-0.3, -0.25) is 14.9 Å². The number of urea groups is 1. The Kier molecular flexibility index (Phi) is 6.73. The van der Waals surface area contributed by atoms with Crippen LogP contribution in [0.1, 0.15) is 12.5 Å². The first-order valence-electron chi connectivity index (χ1n) is 7.97. The van der Waals surface area contributed by atoms with E-state index in [1.165, 1.54) is 6.92 Å². The second-order valence-electron chi connectivity index (χ2n) is 5.47. The zero-order chi connectivity index (χ0) is 18.9. The number of esters is 1. The fourth-order valence-corrected chi connectivity index (χ4v) is 2.10. The van der Waals surface area contributed by atoms with Crippen LogP contribution in [-0.4, -0.2) is 31.1 Å². The van der Waals surface area contributed by atoms with Gasteiger partial charge < -0.3 is 14.8 Å². The first-order valence-corrected chi connectivity index (χ1v) is 7.97. The van der Waals surface area contributed by atoms with Crippen LogP contribution in [0.15, 0.2) is 54.6 Å². The summed E-state index contributed by atoms with van der Waals surface area (Å²) in [6.07, 6.45) is -1.08. The summed E-state index contributed by atoms with van der Waals surface area (Å²) in [6, 6.07) is 14.9. The van der Waals surface area contributed by atoms with E-state index >= 15 is 0 Å². The van der Waals surface area contributed by atoms with Gasteiger partial charge in [-0.05, 0) is 36.8 Å². The molecule has 2 N–H and O–H groups in total. The van der Waals surface area contributed by atoms with Crippen molar-refractivity contribution in [3.63, 3.8) is 0 Å². The molecule has 2 aromatic carbocycles. The molecule has 7 nitrogen and oxygen atoms in total. The summed E-state index contributed by atoms with van der Waals surface area (Å²) in [7, 11) is 1.55. The van der Waals surface area contributed by atoms with Gasteiger partial charge in [0.1, 0.15) is 5.75 Å². The quantitative estimate of drug-likeness (QED) is 0.776. The lowest BCUT2D eigenvalue weighted by molar-refractivity contribution is -0.153. The van der Waals surface area contributed by atoms with Crippen LogP contribution in [0, 0.1) is 0 Å². The topological polar surface area (TPSA) is 93.7 Å². The van der Waals surface area contributed by atoms with Crippen LogP contribution in [0.3, 0.4) is 0 Å². The van der Waals surface area contributed by atoms with E-state index in [1.54, 1.807) is 61.7 Å². The maximum atomic E-state index is 11.9. The van der Waals surface area contributed by atoms with E-state index < -0.39 is 24.0 Å². The van der Waals surface area contributed by atoms with Crippen LogP contribution in [0.5, 0.6) is 5.75 Å². The minimum atomic E-state index is -1.10. The highest BCUT2D eigenvalue weighted by Gasteiger charge is 2.20.